The Kier molecular flexibility index (Phi) is 57.8. The van der Waals surface area contributed by atoms with Gasteiger partial charge in [0, 0.05) is 0 Å². The third kappa shape index (κ3) is 50.8. The fraction of sp³-hybridized carbons (Fsp3) is 1.00. The monoisotopic (exact) mass is 178 g/mol. The van der Waals surface area contributed by atoms with Gasteiger partial charge in [0.1, 0.15) is 7.85 Å². The zero-order chi connectivity index (χ0) is 8.24. The van der Waals surface area contributed by atoms with Crippen LogP contribution in [0.25, 0.3) is 0 Å². The smallest absolute Gasteiger partial charge is 0.101 e. The van der Waals surface area contributed by atoms with E-state index in [2.05, 4.69) is 28.6 Å². The van der Waals surface area contributed by atoms with E-state index in [-0.39, 0.29) is 11.0 Å². The minimum absolute atomic E-state index is 0. The summed E-state index contributed by atoms with van der Waals surface area (Å²) < 4.78 is 0. The third-order valence-corrected chi connectivity index (χ3v) is 1.41. The van der Waals surface area contributed by atoms with Crippen molar-refractivity contribution in [2.45, 2.75) is 59.2 Å². The Bertz CT molecular complexity index is 33.5. The van der Waals surface area contributed by atoms with Gasteiger partial charge in [0.25, 0.3) is 0 Å². The van der Waals surface area contributed by atoms with Crippen molar-refractivity contribution in [3.8, 4) is 0 Å². The van der Waals surface area contributed by atoms with Crippen molar-refractivity contribution < 1.29 is 11.0 Å². The van der Waals surface area contributed by atoms with Crippen molar-refractivity contribution in [2.75, 3.05) is 0 Å². The van der Waals surface area contributed by atoms with Gasteiger partial charge in [-0.1, -0.05) is 59.2 Å². The summed E-state index contributed by atoms with van der Waals surface area (Å²) in [7, 11) is 2.21. The summed E-state index contributed by atoms with van der Waals surface area (Å²) in [5.74, 6) is 0. The molecule has 2 nitrogen and oxygen atoms in total. The maximum Gasteiger partial charge on any atom is 0.101 e. The molecule has 0 aliphatic carbocycles. The molecule has 0 aromatic carbocycles. The SMILES string of the molecule is BCCCC.CCCCC.O.O. The van der Waals surface area contributed by atoms with Crippen molar-refractivity contribution in [2.24, 2.45) is 0 Å². The minimum Gasteiger partial charge on any atom is -0.412 e. The van der Waals surface area contributed by atoms with E-state index in [0.29, 0.717) is 0 Å². The molecule has 0 saturated carbocycles. The maximum atomic E-state index is 2.21. The Balaban J connectivity index is -0.0000000457. The van der Waals surface area contributed by atoms with Crippen LogP contribution in [-0.4, -0.2) is 18.8 Å². The van der Waals surface area contributed by atoms with Crippen molar-refractivity contribution in [1.29, 1.82) is 0 Å². The first-order chi connectivity index (χ1) is 4.83. The molecule has 0 unspecified atom stereocenters. The lowest BCUT2D eigenvalue weighted by molar-refractivity contribution is 0.772. The summed E-state index contributed by atoms with van der Waals surface area (Å²) in [6, 6.07) is 0. The molecule has 0 aliphatic rings. The Morgan fingerprint density at radius 2 is 1.08 bits per heavy atom. The van der Waals surface area contributed by atoms with Gasteiger partial charge in [0.2, 0.25) is 0 Å². The van der Waals surface area contributed by atoms with Crippen LogP contribution in [0.15, 0.2) is 0 Å². The number of hydrogen-bond acceptors (Lipinski definition) is 0. The van der Waals surface area contributed by atoms with E-state index >= 15 is 0 Å². The first-order valence-electron chi connectivity index (χ1n) is 4.83. The molecule has 0 rings (SSSR count). The van der Waals surface area contributed by atoms with Crippen LogP contribution in [0, 0.1) is 0 Å². The second-order valence-corrected chi connectivity index (χ2v) is 2.71. The molecular formula is C9H27BO2. The average molecular weight is 178 g/mol. The number of rotatable bonds is 4. The highest BCUT2D eigenvalue weighted by atomic mass is 16.0. The normalized spacial score (nSPS) is 6.92. The van der Waals surface area contributed by atoms with Crippen LogP contribution < -0.4 is 0 Å². The predicted octanol–water partition coefficient (Wildman–Crippen LogP) is 1.39. The molecule has 0 saturated heterocycles. The fourth-order valence-corrected chi connectivity index (χ4v) is 0.707. The molecule has 4 N–H and O–H groups in total. The van der Waals surface area contributed by atoms with E-state index in [0.717, 1.165) is 0 Å². The zero-order valence-electron chi connectivity index (χ0n) is 9.24. The molecular weight excluding hydrogens is 151 g/mol. The lowest BCUT2D eigenvalue weighted by atomic mass is 10.0. The van der Waals surface area contributed by atoms with Crippen LogP contribution in [0.3, 0.4) is 0 Å². The highest BCUT2D eigenvalue weighted by Gasteiger charge is 1.69. The quantitative estimate of drug-likeness (QED) is 0.584. The van der Waals surface area contributed by atoms with E-state index < -0.39 is 0 Å². The molecule has 0 radical (unpaired) electrons. The molecule has 0 fully saturated rings. The first kappa shape index (κ1) is 22.7. The highest BCUT2D eigenvalue weighted by Crippen LogP contribution is 1.88. The van der Waals surface area contributed by atoms with Gasteiger partial charge in [-0.3, -0.25) is 0 Å². The minimum atomic E-state index is 0. The summed E-state index contributed by atoms with van der Waals surface area (Å²) in [6.45, 7) is 6.64. The lowest BCUT2D eigenvalue weighted by Gasteiger charge is -1.79. The molecule has 0 aromatic heterocycles. The number of unbranched alkanes of at least 4 members (excludes halogenated alkanes) is 3. The van der Waals surface area contributed by atoms with Crippen LogP contribution in [-0.2, 0) is 0 Å². The summed E-state index contributed by atoms with van der Waals surface area (Å²) >= 11 is 0. The Morgan fingerprint density at radius 3 is 1.08 bits per heavy atom. The second-order valence-electron chi connectivity index (χ2n) is 2.71. The van der Waals surface area contributed by atoms with Gasteiger partial charge in [0.15, 0.2) is 0 Å². The molecule has 3 heteroatoms. The zero-order valence-corrected chi connectivity index (χ0v) is 9.24. The number of hydrogen-bond donors (Lipinski definition) is 0. The molecule has 0 aromatic rings. The van der Waals surface area contributed by atoms with E-state index in [1.165, 1.54) is 38.4 Å². The largest absolute Gasteiger partial charge is 0.412 e. The Hall–Kier alpha value is -0.0151. The second kappa shape index (κ2) is 30.6. The van der Waals surface area contributed by atoms with Crippen LogP contribution in [0.1, 0.15) is 52.9 Å². The molecule has 0 heterocycles. The lowest BCUT2D eigenvalue weighted by Crippen LogP contribution is -1.63. The molecule has 0 bridgehead atoms. The van der Waals surface area contributed by atoms with Crippen LogP contribution in [0.5, 0.6) is 0 Å². The fourth-order valence-electron chi connectivity index (χ4n) is 0.707. The van der Waals surface area contributed by atoms with Crippen LogP contribution in [0.4, 0.5) is 0 Å². The van der Waals surface area contributed by atoms with Crippen LogP contribution in [0.2, 0.25) is 6.32 Å². The topological polar surface area (TPSA) is 63.0 Å². The molecule has 0 spiro atoms. The van der Waals surface area contributed by atoms with E-state index in [4.69, 9.17) is 0 Å². The average Bonchev–Trinajstić information content (AvgIpc) is 1.93. The Morgan fingerprint density at radius 1 is 0.750 bits per heavy atom. The van der Waals surface area contributed by atoms with Crippen molar-refractivity contribution in [3.63, 3.8) is 0 Å². The summed E-state index contributed by atoms with van der Waals surface area (Å²) in [5.41, 5.74) is 0. The van der Waals surface area contributed by atoms with Crippen molar-refractivity contribution in [1.82, 2.24) is 0 Å². The molecule has 0 atom stereocenters. The van der Waals surface area contributed by atoms with E-state index in [9.17, 15) is 0 Å². The van der Waals surface area contributed by atoms with Gasteiger partial charge in [-0.05, 0) is 0 Å². The standard InChI is InChI=1S/C5H12.C4H11B.2H2O/c1-3-5-4-2;1-2-3-4-5;;/h3-5H2,1-2H3;2-5H2,1H3;2*1H2. The Labute approximate surface area is 78.8 Å². The van der Waals surface area contributed by atoms with E-state index in [1.807, 2.05) is 0 Å². The maximum absolute atomic E-state index is 2.21. The molecule has 0 amide bonds. The van der Waals surface area contributed by atoms with Gasteiger partial charge >= 0.3 is 0 Å². The van der Waals surface area contributed by atoms with Gasteiger partial charge < -0.3 is 11.0 Å². The highest BCUT2D eigenvalue weighted by molar-refractivity contribution is 6.08. The van der Waals surface area contributed by atoms with Gasteiger partial charge in [-0.2, -0.15) is 0 Å². The van der Waals surface area contributed by atoms with Crippen molar-refractivity contribution >= 4 is 7.85 Å². The molecule has 78 valence electrons. The third-order valence-electron chi connectivity index (χ3n) is 1.41. The predicted molar refractivity (Wildman–Crippen MR) is 60.7 cm³/mol. The summed E-state index contributed by atoms with van der Waals surface area (Å²) in [6.07, 6.45) is 8.15. The van der Waals surface area contributed by atoms with Gasteiger partial charge in [-0.25, -0.2) is 0 Å². The van der Waals surface area contributed by atoms with Crippen molar-refractivity contribution in [3.05, 3.63) is 0 Å². The summed E-state index contributed by atoms with van der Waals surface area (Å²) in [5, 5.41) is 0. The van der Waals surface area contributed by atoms with Gasteiger partial charge in [0.05, 0.1) is 0 Å². The summed E-state index contributed by atoms with van der Waals surface area (Å²) in [4.78, 5) is 0. The molecule has 0 aliphatic heterocycles. The molecule has 12 heavy (non-hydrogen) atoms. The van der Waals surface area contributed by atoms with Gasteiger partial charge in [-0.15, -0.1) is 0 Å². The van der Waals surface area contributed by atoms with E-state index in [1.54, 1.807) is 0 Å². The first-order valence-corrected chi connectivity index (χ1v) is 4.83. The van der Waals surface area contributed by atoms with Crippen LogP contribution >= 0.6 is 0 Å².